The maximum Gasteiger partial charge on any atom is 0.268 e. The third-order valence-electron chi connectivity index (χ3n) is 8.73. The Morgan fingerprint density at radius 2 is 1.20 bits per heavy atom. The van der Waals surface area contributed by atoms with Gasteiger partial charge in [0.1, 0.15) is 0 Å². The summed E-state index contributed by atoms with van der Waals surface area (Å²) in [5.74, 6) is -0.624. The van der Waals surface area contributed by atoms with Crippen LogP contribution in [-0.2, 0) is 0 Å². The quantitative estimate of drug-likeness (QED) is 0.198. The SMILES string of the molecule is Cc1ccc(-c2ccc3c4ccccc4n(-c4cccc5c4C(=O)N(c4ccc(-c6ccccc6)cc4)C5=O)c3c2)c(C)c1. The fourth-order valence-corrected chi connectivity index (χ4v) is 6.66. The number of anilines is 1. The van der Waals surface area contributed by atoms with Gasteiger partial charge >= 0.3 is 0 Å². The highest BCUT2D eigenvalue weighted by molar-refractivity contribution is 6.35. The molecule has 0 radical (unpaired) electrons. The number of para-hydroxylation sites is 1. The van der Waals surface area contributed by atoms with Crippen LogP contribution in [0.1, 0.15) is 31.8 Å². The second-order valence-electron chi connectivity index (χ2n) is 11.5. The molecule has 44 heavy (non-hydrogen) atoms. The Kier molecular flexibility index (Phi) is 5.85. The first-order valence-electron chi connectivity index (χ1n) is 14.8. The Morgan fingerprint density at radius 1 is 0.500 bits per heavy atom. The number of aryl methyl sites for hydroxylation is 2. The first kappa shape index (κ1) is 25.9. The number of carbonyl (C=O) groups is 2. The summed E-state index contributed by atoms with van der Waals surface area (Å²) in [6.07, 6.45) is 0. The van der Waals surface area contributed by atoms with Crippen molar-refractivity contribution >= 4 is 39.3 Å². The summed E-state index contributed by atoms with van der Waals surface area (Å²) in [4.78, 5) is 29.3. The highest BCUT2D eigenvalue weighted by Crippen LogP contribution is 2.39. The Bertz CT molecular complexity index is 2280. The van der Waals surface area contributed by atoms with Crippen LogP contribution in [0.5, 0.6) is 0 Å². The molecule has 0 unspecified atom stereocenters. The molecule has 1 aromatic heterocycles. The first-order chi connectivity index (χ1) is 21.5. The lowest BCUT2D eigenvalue weighted by molar-refractivity contribution is 0.0926. The lowest BCUT2D eigenvalue weighted by Gasteiger charge is -2.15. The van der Waals surface area contributed by atoms with E-state index in [9.17, 15) is 9.59 Å². The highest BCUT2D eigenvalue weighted by Gasteiger charge is 2.39. The summed E-state index contributed by atoms with van der Waals surface area (Å²) < 4.78 is 2.14. The summed E-state index contributed by atoms with van der Waals surface area (Å²) in [5.41, 5.74) is 10.9. The molecule has 2 amide bonds. The summed E-state index contributed by atoms with van der Waals surface area (Å²) >= 11 is 0. The molecule has 6 aromatic carbocycles. The molecule has 4 heteroatoms. The van der Waals surface area contributed by atoms with Crippen molar-refractivity contribution in [2.45, 2.75) is 13.8 Å². The number of fused-ring (bicyclic) bond motifs is 4. The summed E-state index contributed by atoms with van der Waals surface area (Å²) in [7, 11) is 0. The van der Waals surface area contributed by atoms with Crippen LogP contribution >= 0.6 is 0 Å². The van der Waals surface area contributed by atoms with Crippen LogP contribution in [0.25, 0.3) is 49.7 Å². The maximum atomic E-state index is 14.2. The Hall–Kier alpha value is -5.74. The van der Waals surface area contributed by atoms with Gasteiger partial charge in [-0.25, -0.2) is 4.90 Å². The van der Waals surface area contributed by atoms with Gasteiger partial charge < -0.3 is 4.57 Å². The van der Waals surface area contributed by atoms with E-state index in [0.717, 1.165) is 38.5 Å². The van der Waals surface area contributed by atoms with Gasteiger partial charge in [-0.15, -0.1) is 0 Å². The van der Waals surface area contributed by atoms with E-state index in [0.29, 0.717) is 22.5 Å². The van der Waals surface area contributed by atoms with Crippen molar-refractivity contribution < 1.29 is 9.59 Å². The van der Waals surface area contributed by atoms with Crippen LogP contribution < -0.4 is 4.90 Å². The van der Waals surface area contributed by atoms with Gasteiger partial charge in [0.15, 0.2) is 0 Å². The fourth-order valence-electron chi connectivity index (χ4n) is 6.66. The van der Waals surface area contributed by atoms with Crippen LogP contribution in [-0.4, -0.2) is 16.4 Å². The molecule has 7 aromatic rings. The predicted octanol–water partition coefficient (Wildman–Crippen LogP) is 9.54. The van der Waals surface area contributed by atoms with Crippen molar-refractivity contribution in [1.29, 1.82) is 0 Å². The standard InChI is InChI=1S/C40H28N2O2/c1-25-15-21-31(26(2)23-25)29-18-22-33-32-11-6-7-13-35(32)42(37(33)24-29)36-14-8-12-34-38(36)40(44)41(39(34)43)30-19-16-28(17-20-30)27-9-4-3-5-10-27/h3-24H,1-2H3. The van der Waals surface area contributed by atoms with Gasteiger partial charge in [-0.05, 0) is 78.1 Å². The zero-order valence-corrected chi connectivity index (χ0v) is 24.4. The van der Waals surface area contributed by atoms with Gasteiger partial charge in [0, 0.05) is 10.8 Å². The lowest BCUT2D eigenvalue weighted by atomic mass is 9.97. The van der Waals surface area contributed by atoms with Gasteiger partial charge in [-0.1, -0.05) is 103 Å². The first-order valence-corrected chi connectivity index (χ1v) is 14.8. The number of imide groups is 1. The number of nitrogens with zero attached hydrogens (tertiary/aromatic N) is 2. The van der Waals surface area contributed by atoms with Gasteiger partial charge in [0.05, 0.1) is 33.5 Å². The minimum Gasteiger partial charge on any atom is -0.308 e. The largest absolute Gasteiger partial charge is 0.308 e. The highest BCUT2D eigenvalue weighted by atomic mass is 16.2. The van der Waals surface area contributed by atoms with Crippen LogP contribution in [0.4, 0.5) is 5.69 Å². The minimum atomic E-state index is -0.315. The molecule has 0 aliphatic carbocycles. The summed E-state index contributed by atoms with van der Waals surface area (Å²) in [6.45, 7) is 4.24. The van der Waals surface area contributed by atoms with Gasteiger partial charge in [-0.3, -0.25) is 9.59 Å². The van der Waals surface area contributed by atoms with Crippen molar-refractivity contribution in [2.24, 2.45) is 0 Å². The second kappa shape index (κ2) is 9.92. The Balaban J connectivity index is 1.29. The van der Waals surface area contributed by atoms with Crippen LogP contribution in [0.15, 0.2) is 133 Å². The molecule has 210 valence electrons. The van der Waals surface area contributed by atoms with Gasteiger partial charge in [0.2, 0.25) is 0 Å². The molecule has 8 rings (SSSR count). The van der Waals surface area contributed by atoms with E-state index in [1.54, 1.807) is 6.07 Å². The fraction of sp³-hybridized carbons (Fsp3) is 0.0500. The Labute approximate surface area is 255 Å². The van der Waals surface area contributed by atoms with E-state index < -0.39 is 0 Å². The molecule has 0 spiro atoms. The van der Waals surface area contributed by atoms with Gasteiger partial charge in [0.25, 0.3) is 11.8 Å². The number of aromatic nitrogens is 1. The average Bonchev–Trinajstić information content (AvgIpc) is 3.52. The van der Waals surface area contributed by atoms with Crippen molar-refractivity contribution in [3.63, 3.8) is 0 Å². The van der Waals surface area contributed by atoms with Crippen LogP contribution in [0, 0.1) is 13.8 Å². The second-order valence-corrected chi connectivity index (χ2v) is 11.5. The zero-order chi connectivity index (χ0) is 29.9. The number of hydrogen-bond donors (Lipinski definition) is 0. The van der Waals surface area contributed by atoms with E-state index >= 15 is 0 Å². The number of hydrogen-bond acceptors (Lipinski definition) is 2. The number of amides is 2. The summed E-state index contributed by atoms with van der Waals surface area (Å²) in [5, 5.41) is 2.19. The van der Waals surface area contributed by atoms with Crippen molar-refractivity contribution in [2.75, 3.05) is 4.90 Å². The molecule has 2 heterocycles. The topological polar surface area (TPSA) is 42.3 Å². The van der Waals surface area contributed by atoms with Crippen molar-refractivity contribution in [1.82, 2.24) is 4.57 Å². The molecular weight excluding hydrogens is 540 g/mol. The van der Waals surface area contributed by atoms with E-state index in [4.69, 9.17) is 0 Å². The normalized spacial score (nSPS) is 12.8. The lowest BCUT2D eigenvalue weighted by Crippen LogP contribution is -2.29. The molecule has 0 fully saturated rings. The van der Waals surface area contributed by atoms with E-state index in [1.807, 2.05) is 78.9 Å². The maximum absolute atomic E-state index is 14.2. The van der Waals surface area contributed by atoms with E-state index in [1.165, 1.54) is 21.6 Å². The molecule has 0 saturated heterocycles. The molecule has 1 aliphatic heterocycles. The number of benzene rings is 6. The predicted molar refractivity (Wildman–Crippen MR) is 179 cm³/mol. The van der Waals surface area contributed by atoms with Crippen molar-refractivity contribution in [3.8, 4) is 27.9 Å². The molecule has 4 nitrogen and oxygen atoms in total. The molecule has 0 atom stereocenters. The van der Waals surface area contributed by atoms with E-state index in [-0.39, 0.29) is 11.8 Å². The molecule has 0 bridgehead atoms. The minimum absolute atomic E-state index is 0.309. The molecule has 1 aliphatic rings. The summed E-state index contributed by atoms with van der Waals surface area (Å²) in [6, 6.07) is 44.5. The van der Waals surface area contributed by atoms with Crippen molar-refractivity contribution in [3.05, 3.63) is 156 Å². The third kappa shape index (κ3) is 3.92. The monoisotopic (exact) mass is 568 g/mol. The Morgan fingerprint density at radius 3 is 2.00 bits per heavy atom. The molecular formula is C40H28N2O2. The van der Waals surface area contributed by atoms with Gasteiger partial charge in [-0.2, -0.15) is 0 Å². The molecule has 0 N–H and O–H groups in total. The number of carbonyl (C=O) groups excluding carboxylic acids is 2. The average molecular weight is 569 g/mol. The van der Waals surface area contributed by atoms with Crippen LogP contribution in [0.2, 0.25) is 0 Å². The smallest absolute Gasteiger partial charge is 0.268 e. The molecule has 0 saturated carbocycles. The third-order valence-corrected chi connectivity index (χ3v) is 8.73. The number of rotatable bonds is 4. The van der Waals surface area contributed by atoms with E-state index in [2.05, 4.69) is 66.9 Å². The zero-order valence-electron chi connectivity index (χ0n) is 24.4. The van der Waals surface area contributed by atoms with Crippen LogP contribution in [0.3, 0.4) is 0 Å².